The van der Waals surface area contributed by atoms with E-state index in [0.717, 1.165) is 16.3 Å². The first kappa shape index (κ1) is 14.2. The van der Waals surface area contributed by atoms with Crippen molar-refractivity contribution in [2.24, 2.45) is 0 Å². The van der Waals surface area contributed by atoms with Gasteiger partial charge in [-0.05, 0) is 18.6 Å². The number of thiazole rings is 1. The van der Waals surface area contributed by atoms with Crippen LogP contribution in [0.4, 0.5) is 0 Å². The molecular weight excluding hydrogens is 292 g/mol. The molecule has 0 aliphatic carbocycles. The summed E-state index contributed by atoms with van der Waals surface area (Å²) >= 11 is 1.48. The van der Waals surface area contributed by atoms with Crippen LogP contribution in [-0.2, 0) is 6.54 Å². The smallest absolute Gasteiger partial charge is 0.134 e. The van der Waals surface area contributed by atoms with E-state index in [9.17, 15) is 5.26 Å². The minimum atomic E-state index is 0.567. The van der Waals surface area contributed by atoms with Gasteiger partial charge >= 0.3 is 0 Å². The van der Waals surface area contributed by atoms with Crippen molar-refractivity contribution in [1.82, 2.24) is 14.8 Å². The Morgan fingerprint density at radius 1 is 1.36 bits per heavy atom. The second-order valence-corrected chi connectivity index (χ2v) is 5.78. The molecule has 0 N–H and O–H groups in total. The number of nitriles is 1. The third-order valence-corrected chi connectivity index (χ3v) is 4.11. The van der Waals surface area contributed by atoms with Crippen molar-refractivity contribution in [2.75, 3.05) is 0 Å². The maximum absolute atomic E-state index is 9.31. The molecule has 0 amide bonds. The average Bonchev–Trinajstić information content (AvgIpc) is 3.15. The van der Waals surface area contributed by atoms with Crippen LogP contribution in [0.3, 0.4) is 0 Å². The highest BCUT2D eigenvalue weighted by Crippen LogP contribution is 2.21. The Hall–Kier alpha value is -2.71. The Morgan fingerprint density at radius 2 is 2.18 bits per heavy atom. The van der Waals surface area contributed by atoms with Crippen molar-refractivity contribution in [3.8, 4) is 6.07 Å². The molecule has 0 unspecified atom stereocenters. The molecule has 2 heterocycles. The van der Waals surface area contributed by atoms with Gasteiger partial charge in [0.2, 0.25) is 0 Å². The van der Waals surface area contributed by atoms with E-state index in [4.69, 9.17) is 0 Å². The van der Waals surface area contributed by atoms with E-state index in [1.54, 1.807) is 6.20 Å². The average molecular weight is 306 g/mol. The molecule has 0 aliphatic heterocycles. The first-order valence-electron chi connectivity index (χ1n) is 6.85. The van der Waals surface area contributed by atoms with E-state index >= 15 is 0 Å². The molecule has 0 saturated heterocycles. The molecule has 0 spiro atoms. The van der Waals surface area contributed by atoms with Crippen LogP contribution >= 0.6 is 11.3 Å². The van der Waals surface area contributed by atoms with Crippen LogP contribution in [0.1, 0.15) is 21.8 Å². The molecule has 0 atom stereocenters. The predicted octanol–water partition coefficient (Wildman–Crippen LogP) is 3.76. The molecule has 2 aromatic heterocycles. The van der Waals surface area contributed by atoms with Crippen LogP contribution < -0.4 is 0 Å². The molecule has 0 saturated carbocycles. The molecule has 22 heavy (non-hydrogen) atoms. The predicted molar refractivity (Wildman–Crippen MR) is 88.1 cm³/mol. The Morgan fingerprint density at radius 3 is 2.86 bits per heavy atom. The van der Waals surface area contributed by atoms with Crippen molar-refractivity contribution in [2.45, 2.75) is 13.5 Å². The van der Waals surface area contributed by atoms with Crippen molar-refractivity contribution >= 4 is 23.0 Å². The lowest BCUT2D eigenvalue weighted by molar-refractivity contribution is 0.687. The second-order valence-electron chi connectivity index (χ2n) is 4.92. The monoisotopic (exact) mass is 306 g/mol. The molecule has 3 rings (SSSR count). The van der Waals surface area contributed by atoms with Gasteiger partial charge in [0.1, 0.15) is 11.1 Å². The van der Waals surface area contributed by atoms with E-state index in [1.807, 2.05) is 47.5 Å². The van der Waals surface area contributed by atoms with Crippen LogP contribution in [0.5, 0.6) is 0 Å². The van der Waals surface area contributed by atoms with E-state index in [-0.39, 0.29) is 0 Å². The van der Waals surface area contributed by atoms with E-state index in [1.165, 1.54) is 16.9 Å². The lowest BCUT2D eigenvalue weighted by atomic mass is 10.2. The molecular formula is C17H14N4S. The number of hydrogen-bond acceptors (Lipinski definition) is 4. The fraction of sp³-hybridized carbons (Fsp3) is 0.118. The van der Waals surface area contributed by atoms with Gasteiger partial charge in [-0.1, -0.05) is 30.3 Å². The molecule has 0 bridgehead atoms. The molecule has 0 radical (unpaired) electrons. The van der Waals surface area contributed by atoms with E-state index in [2.05, 4.69) is 28.3 Å². The van der Waals surface area contributed by atoms with Crippen LogP contribution in [0, 0.1) is 18.3 Å². The summed E-state index contributed by atoms with van der Waals surface area (Å²) in [5, 5.41) is 16.3. The van der Waals surface area contributed by atoms with Crippen LogP contribution in [0.25, 0.3) is 11.6 Å². The maximum Gasteiger partial charge on any atom is 0.134 e. The van der Waals surface area contributed by atoms with Gasteiger partial charge in [0.05, 0.1) is 18.3 Å². The van der Waals surface area contributed by atoms with Crippen molar-refractivity contribution < 1.29 is 0 Å². The van der Waals surface area contributed by atoms with Crippen molar-refractivity contribution in [3.63, 3.8) is 0 Å². The molecule has 0 fully saturated rings. The number of nitrogens with zero attached hydrogens (tertiary/aromatic N) is 4. The quantitative estimate of drug-likeness (QED) is 0.690. The van der Waals surface area contributed by atoms with Crippen LogP contribution in [-0.4, -0.2) is 14.8 Å². The number of allylic oxidation sites excluding steroid dienone is 1. The fourth-order valence-electron chi connectivity index (χ4n) is 2.10. The molecule has 4 nitrogen and oxygen atoms in total. The SMILES string of the molecule is Cc1csc(C(C#N)=Cc2cnn(Cc3ccccc3)c2)n1. The first-order valence-corrected chi connectivity index (χ1v) is 7.73. The summed E-state index contributed by atoms with van der Waals surface area (Å²) in [6.07, 6.45) is 5.53. The Labute approximate surface area is 133 Å². The number of hydrogen-bond donors (Lipinski definition) is 0. The van der Waals surface area contributed by atoms with Gasteiger partial charge in [-0.25, -0.2) is 4.98 Å². The zero-order chi connectivity index (χ0) is 15.4. The van der Waals surface area contributed by atoms with Crippen LogP contribution in [0.15, 0.2) is 48.1 Å². The van der Waals surface area contributed by atoms with Gasteiger partial charge in [-0.2, -0.15) is 10.4 Å². The minimum absolute atomic E-state index is 0.567. The number of aromatic nitrogens is 3. The third kappa shape index (κ3) is 3.30. The third-order valence-electron chi connectivity index (χ3n) is 3.12. The zero-order valence-electron chi connectivity index (χ0n) is 12.1. The normalized spacial score (nSPS) is 11.4. The zero-order valence-corrected chi connectivity index (χ0v) is 12.9. The summed E-state index contributed by atoms with van der Waals surface area (Å²) in [6.45, 7) is 2.64. The van der Waals surface area contributed by atoms with E-state index < -0.39 is 0 Å². The topological polar surface area (TPSA) is 54.5 Å². The molecule has 1 aromatic carbocycles. The van der Waals surface area contributed by atoms with Gasteiger partial charge in [-0.15, -0.1) is 11.3 Å². The standard InChI is InChI=1S/C17H14N4S/c1-13-12-22-17(20-13)16(8-18)7-15-9-19-21(11-15)10-14-5-3-2-4-6-14/h2-7,9,11-12H,10H2,1H3. The molecule has 0 aliphatic rings. The van der Waals surface area contributed by atoms with Gasteiger partial charge in [0.25, 0.3) is 0 Å². The first-order chi connectivity index (χ1) is 10.7. The highest BCUT2D eigenvalue weighted by molar-refractivity contribution is 7.11. The number of aryl methyl sites for hydroxylation is 1. The Bertz CT molecular complexity index is 837. The lowest BCUT2D eigenvalue weighted by Crippen LogP contribution is -1.99. The second kappa shape index (κ2) is 6.37. The highest BCUT2D eigenvalue weighted by atomic mass is 32.1. The van der Waals surface area contributed by atoms with Gasteiger partial charge < -0.3 is 0 Å². The molecule has 3 aromatic rings. The summed E-state index contributed by atoms with van der Waals surface area (Å²) < 4.78 is 1.86. The van der Waals surface area contributed by atoms with Crippen molar-refractivity contribution in [3.05, 3.63) is 69.9 Å². The van der Waals surface area contributed by atoms with Crippen molar-refractivity contribution in [1.29, 1.82) is 5.26 Å². The summed E-state index contributed by atoms with van der Waals surface area (Å²) in [5.74, 6) is 0. The number of rotatable bonds is 4. The highest BCUT2D eigenvalue weighted by Gasteiger charge is 2.06. The maximum atomic E-state index is 9.31. The van der Waals surface area contributed by atoms with Gasteiger partial charge in [0, 0.05) is 22.8 Å². The summed E-state index contributed by atoms with van der Waals surface area (Å²) in [5.41, 5.74) is 3.59. The van der Waals surface area contributed by atoms with E-state index in [0.29, 0.717) is 12.1 Å². The van der Waals surface area contributed by atoms with Gasteiger partial charge in [-0.3, -0.25) is 4.68 Å². The lowest BCUT2D eigenvalue weighted by Gasteiger charge is -2.00. The molecule has 5 heteroatoms. The summed E-state index contributed by atoms with van der Waals surface area (Å²) in [6, 6.07) is 12.4. The largest absolute Gasteiger partial charge is 0.268 e. The summed E-state index contributed by atoms with van der Waals surface area (Å²) in [4.78, 5) is 4.35. The summed E-state index contributed by atoms with van der Waals surface area (Å²) in [7, 11) is 0. The van der Waals surface area contributed by atoms with Crippen LogP contribution in [0.2, 0.25) is 0 Å². The van der Waals surface area contributed by atoms with Gasteiger partial charge in [0.15, 0.2) is 0 Å². The fourth-order valence-corrected chi connectivity index (χ4v) is 2.86. The molecule has 108 valence electrons. The minimum Gasteiger partial charge on any atom is -0.268 e. The Kier molecular flexibility index (Phi) is 4.12. The number of benzene rings is 1. The Balaban J connectivity index is 1.81.